The minimum Gasteiger partial charge on any atom is -0.486 e. The van der Waals surface area contributed by atoms with Gasteiger partial charge in [-0.1, -0.05) is 30.0 Å². The molecule has 1 N–H and O–H groups in total. The van der Waals surface area contributed by atoms with E-state index in [0.717, 1.165) is 11.3 Å². The second kappa shape index (κ2) is 10.3. The zero-order chi connectivity index (χ0) is 24.1. The van der Waals surface area contributed by atoms with Gasteiger partial charge in [-0.25, -0.2) is 9.78 Å². The average molecular weight is 478 g/mol. The molecule has 0 saturated heterocycles. The van der Waals surface area contributed by atoms with Gasteiger partial charge in [0.05, 0.1) is 29.3 Å². The number of ether oxygens (including phenoxy) is 2. The van der Waals surface area contributed by atoms with Gasteiger partial charge in [0.2, 0.25) is 0 Å². The Bertz CT molecular complexity index is 1410. The van der Waals surface area contributed by atoms with Crippen molar-refractivity contribution in [3.05, 3.63) is 88.2 Å². The number of carbonyl (C=O) groups excluding carboxylic acids is 1. The third-order valence-corrected chi connectivity index (χ3v) is 5.96. The summed E-state index contributed by atoms with van der Waals surface area (Å²) in [6, 6.07) is 12.4. The van der Waals surface area contributed by atoms with E-state index < -0.39 is 5.97 Å². The van der Waals surface area contributed by atoms with Gasteiger partial charge in [-0.15, -0.1) is 16.8 Å². The van der Waals surface area contributed by atoms with Crippen LogP contribution in [0.3, 0.4) is 0 Å². The number of hydrogen-bond acceptors (Lipinski definition) is 8. The zero-order valence-electron chi connectivity index (χ0n) is 18.8. The summed E-state index contributed by atoms with van der Waals surface area (Å²) in [7, 11) is 1.30. The number of aromatic amines is 1. The van der Waals surface area contributed by atoms with E-state index in [1.807, 2.05) is 35.8 Å². The molecule has 0 aliphatic carbocycles. The fourth-order valence-electron chi connectivity index (χ4n) is 3.33. The number of rotatable bonds is 9. The van der Waals surface area contributed by atoms with Gasteiger partial charge in [0.15, 0.2) is 11.0 Å². The van der Waals surface area contributed by atoms with Gasteiger partial charge >= 0.3 is 5.97 Å². The molecule has 4 rings (SSSR count). The first-order valence-electron chi connectivity index (χ1n) is 10.4. The maximum atomic E-state index is 12.5. The number of fused-ring (bicyclic) bond motifs is 1. The number of nitrogens with zero attached hydrogens (tertiary/aromatic N) is 4. The summed E-state index contributed by atoms with van der Waals surface area (Å²) in [4.78, 5) is 31.6. The van der Waals surface area contributed by atoms with Crippen molar-refractivity contribution in [2.24, 2.45) is 0 Å². The van der Waals surface area contributed by atoms with Crippen LogP contribution in [-0.2, 0) is 23.6 Å². The monoisotopic (exact) mass is 477 g/mol. The largest absolute Gasteiger partial charge is 0.486 e. The van der Waals surface area contributed by atoms with Crippen molar-refractivity contribution in [1.82, 2.24) is 24.7 Å². The smallest absolute Gasteiger partial charge is 0.337 e. The van der Waals surface area contributed by atoms with E-state index in [9.17, 15) is 9.59 Å². The lowest BCUT2D eigenvalue weighted by molar-refractivity contribution is 0.0601. The Morgan fingerprint density at radius 3 is 2.85 bits per heavy atom. The molecule has 0 aliphatic heterocycles. The molecular formula is C24H23N5O4S. The highest BCUT2D eigenvalue weighted by molar-refractivity contribution is 7.98. The van der Waals surface area contributed by atoms with Gasteiger partial charge in [-0.2, -0.15) is 0 Å². The molecule has 174 valence electrons. The minimum atomic E-state index is -0.488. The Labute approximate surface area is 199 Å². The molecule has 4 aromatic rings. The SMILES string of the molecule is C=CCn1c(COc2cccc(C)c2)nnc1SCc1nc2cc(C(=O)OC)ccc2c(=O)[nH]1. The van der Waals surface area contributed by atoms with Crippen molar-refractivity contribution in [2.45, 2.75) is 31.0 Å². The summed E-state index contributed by atoms with van der Waals surface area (Å²) in [5.41, 5.74) is 1.58. The Kier molecular flexibility index (Phi) is 7.07. The van der Waals surface area contributed by atoms with Crippen molar-refractivity contribution >= 4 is 28.6 Å². The second-order valence-electron chi connectivity index (χ2n) is 7.43. The number of methoxy groups -OCH3 is 1. The van der Waals surface area contributed by atoms with Crippen LogP contribution in [0, 0.1) is 6.92 Å². The highest BCUT2D eigenvalue weighted by atomic mass is 32.2. The number of carbonyl (C=O) groups is 1. The van der Waals surface area contributed by atoms with Gasteiger partial charge in [-0.3, -0.25) is 9.36 Å². The van der Waals surface area contributed by atoms with E-state index >= 15 is 0 Å². The number of hydrogen-bond donors (Lipinski definition) is 1. The summed E-state index contributed by atoms with van der Waals surface area (Å²) in [5, 5.41) is 9.59. The Hall–Kier alpha value is -3.92. The number of thioether (sulfide) groups is 1. The summed E-state index contributed by atoms with van der Waals surface area (Å²) >= 11 is 1.38. The molecule has 0 fully saturated rings. The van der Waals surface area contributed by atoms with E-state index in [-0.39, 0.29) is 12.2 Å². The van der Waals surface area contributed by atoms with Gasteiger partial charge in [0, 0.05) is 6.54 Å². The summed E-state index contributed by atoms with van der Waals surface area (Å²) in [6.07, 6.45) is 1.76. The molecule has 2 aromatic carbocycles. The quantitative estimate of drug-likeness (QED) is 0.221. The van der Waals surface area contributed by atoms with Gasteiger partial charge < -0.3 is 14.5 Å². The first-order chi connectivity index (χ1) is 16.5. The molecule has 0 unspecified atom stereocenters. The number of aryl methyl sites for hydroxylation is 1. The van der Waals surface area contributed by atoms with Crippen molar-refractivity contribution in [1.29, 1.82) is 0 Å². The van der Waals surface area contributed by atoms with Crippen molar-refractivity contribution in [2.75, 3.05) is 7.11 Å². The van der Waals surface area contributed by atoms with E-state index in [0.29, 0.717) is 45.6 Å². The van der Waals surface area contributed by atoms with Crippen LogP contribution in [0.25, 0.3) is 10.9 Å². The van der Waals surface area contributed by atoms with Crippen LogP contribution in [0.15, 0.2) is 65.1 Å². The van der Waals surface area contributed by atoms with E-state index in [1.165, 1.54) is 24.9 Å². The fraction of sp³-hybridized carbons (Fsp3) is 0.208. The predicted octanol–water partition coefficient (Wildman–Crippen LogP) is 3.67. The predicted molar refractivity (Wildman–Crippen MR) is 129 cm³/mol. The molecule has 0 radical (unpaired) electrons. The van der Waals surface area contributed by atoms with Crippen molar-refractivity contribution in [3.8, 4) is 5.75 Å². The summed E-state index contributed by atoms with van der Waals surface area (Å²) in [5.74, 6) is 1.73. The molecule has 34 heavy (non-hydrogen) atoms. The zero-order valence-corrected chi connectivity index (χ0v) is 19.6. The van der Waals surface area contributed by atoms with E-state index in [2.05, 4.69) is 26.7 Å². The normalized spacial score (nSPS) is 10.9. The lowest BCUT2D eigenvalue weighted by Crippen LogP contribution is -2.12. The number of nitrogens with one attached hydrogen (secondary N) is 1. The Morgan fingerprint density at radius 1 is 1.24 bits per heavy atom. The summed E-state index contributed by atoms with van der Waals surface area (Å²) in [6.45, 7) is 6.58. The minimum absolute atomic E-state index is 0.256. The van der Waals surface area contributed by atoms with E-state index in [4.69, 9.17) is 9.47 Å². The highest BCUT2D eigenvalue weighted by Crippen LogP contribution is 2.22. The molecule has 2 aromatic heterocycles. The van der Waals surface area contributed by atoms with E-state index in [1.54, 1.807) is 18.2 Å². The molecule has 0 amide bonds. The van der Waals surface area contributed by atoms with Crippen LogP contribution in [0.5, 0.6) is 5.75 Å². The molecule has 0 saturated carbocycles. The lowest BCUT2D eigenvalue weighted by Gasteiger charge is -2.09. The van der Waals surface area contributed by atoms with Gasteiger partial charge in [0.25, 0.3) is 5.56 Å². The number of benzene rings is 2. The van der Waals surface area contributed by atoms with Crippen LogP contribution in [-0.4, -0.2) is 37.8 Å². The molecule has 10 heteroatoms. The molecule has 0 bridgehead atoms. The highest BCUT2D eigenvalue weighted by Gasteiger charge is 2.15. The van der Waals surface area contributed by atoms with Gasteiger partial charge in [-0.05, 0) is 42.8 Å². The van der Waals surface area contributed by atoms with Gasteiger partial charge in [0.1, 0.15) is 18.2 Å². The van der Waals surface area contributed by atoms with Crippen molar-refractivity contribution < 1.29 is 14.3 Å². The maximum Gasteiger partial charge on any atom is 0.337 e. The standard InChI is InChI=1S/C24H23N5O4S/c1-4-10-29-21(13-33-17-7-5-6-15(2)11-17)27-28-24(29)34-14-20-25-19-12-16(23(31)32-3)8-9-18(19)22(30)26-20/h4-9,11-12H,1,10,13-14H2,2-3H3,(H,25,26,30). The molecule has 0 aliphatic rings. The lowest BCUT2D eigenvalue weighted by atomic mass is 10.1. The molecule has 0 spiro atoms. The molecule has 9 nitrogen and oxygen atoms in total. The topological polar surface area (TPSA) is 112 Å². The first-order valence-corrected chi connectivity index (χ1v) is 11.4. The molecule has 2 heterocycles. The van der Waals surface area contributed by atoms with Crippen LogP contribution in [0.1, 0.15) is 27.6 Å². The number of allylic oxidation sites excluding steroid dienone is 1. The molecular weight excluding hydrogens is 454 g/mol. The van der Waals surface area contributed by atoms with Crippen LogP contribution < -0.4 is 10.3 Å². The third kappa shape index (κ3) is 5.18. The van der Waals surface area contributed by atoms with Crippen LogP contribution >= 0.6 is 11.8 Å². The second-order valence-corrected chi connectivity index (χ2v) is 8.37. The maximum absolute atomic E-state index is 12.5. The molecule has 0 atom stereocenters. The number of H-pyrrole nitrogens is 1. The van der Waals surface area contributed by atoms with Crippen LogP contribution in [0.2, 0.25) is 0 Å². The average Bonchev–Trinajstić information content (AvgIpc) is 3.22. The summed E-state index contributed by atoms with van der Waals surface area (Å²) < 4.78 is 12.5. The Morgan fingerprint density at radius 2 is 2.09 bits per heavy atom. The van der Waals surface area contributed by atoms with Crippen LogP contribution in [0.4, 0.5) is 0 Å². The fourth-order valence-corrected chi connectivity index (χ4v) is 4.17. The number of esters is 1. The van der Waals surface area contributed by atoms with Crippen molar-refractivity contribution in [3.63, 3.8) is 0 Å². The number of aromatic nitrogens is 5. The Balaban J connectivity index is 1.52. The third-order valence-electron chi connectivity index (χ3n) is 4.98. The first kappa shape index (κ1) is 23.2.